The SMILES string of the molecule is CC1CCCCC1.O=C1C=CC(=O)N1.O=C1C=CC(=O)N1. The van der Waals surface area contributed by atoms with E-state index in [1.54, 1.807) is 0 Å². The van der Waals surface area contributed by atoms with Gasteiger partial charge < -0.3 is 0 Å². The molecule has 0 spiro atoms. The van der Waals surface area contributed by atoms with Gasteiger partial charge in [0.1, 0.15) is 0 Å². The zero-order valence-electron chi connectivity index (χ0n) is 12.1. The Kier molecular flexibility index (Phi) is 7.08. The Morgan fingerprint density at radius 3 is 1.19 bits per heavy atom. The van der Waals surface area contributed by atoms with Gasteiger partial charge >= 0.3 is 0 Å². The number of rotatable bonds is 0. The quantitative estimate of drug-likeness (QED) is 0.651. The number of carbonyl (C=O) groups excluding carboxylic acids is 4. The highest BCUT2D eigenvalue weighted by Gasteiger charge is 2.07. The number of nitrogens with one attached hydrogen (secondary N) is 2. The maximum atomic E-state index is 10.0. The average Bonchev–Trinajstić information content (AvgIpc) is 3.00. The van der Waals surface area contributed by atoms with E-state index in [1.807, 2.05) is 10.6 Å². The Morgan fingerprint density at radius 2 is 1.05 bits per heavy atom. The summed E-state index contributed by atoms with van der Waals surface area (Å²) in [5.74, 6) is -0.279. The number of amides is 4. The number of imide groups is 2. The first-order valence-corrected chi connectivity index (χ1v) is 7.03. The molecule has 0 saturated heterocycles. The van der Waals surface area contributed by atoms with E-state index in [0.717, 1.165) is 5.92 Å². The van der Waals surface area contributed by atoms with Crippen molar-refractivity contribution in [1.82, 2.24) is 10.6 Å². The summed E-state index contributed by atoms with van der Waals surface area (Å²) in [6.45, 7) is 2.36. The Hall–Kier alpha value is -2.24. The second kappa shape index (κ2) is 8.84. The fourth-order valence-electron chi connectivity index (χ4n) is 2.02. The Balaban J connectivity index is 0.000000157. The van der Waals surface area contributed by atoms with E-state index in [-0.39, 0.29) is 23.6 Å². The molecule has 6 nitrogen and oxygen atoms in total. The minimum Gasteiger partial charge on any atom is -0.289 e. The van der Waals surface area contributed by atoms with E-state index in [1.165, 1.54) is 56.4 Å². The van der Waals surface area contributed by atoms with Crippen LogP contribution in [0, 0.1) is 5.92 Å². The van der Waals surface area contributed by atoms with Crippen LogP contribution in [0.2, 0.25) is 0 Å². The highest BCUT2D eigenvalue weighted by molar-refractivity contribution is 6.13. The van der Waals surface area contributed by atoms with E-state index in [0.29, 0.717) is 0 Å². The molecule has 3 aliphatic rings. The van der Waals surface area contributed by atoms with Gasteiger partial charge in [-0.25, -0.2) is 0 Å². The molecule has 0 bridgehead atoms. The van der Waals surface area contributed by atoms with Crippen molar-refractivity contribution in [2.24, 2.45) is 5.92 Å². The molecule has 0 aromatic carbocycles. The van der Waals surface area contributed by atoms with Gasteiger partial charge in [0.15, 0.2) is 0 Å². The zero-order valence-corrected chi connectivity index (χ0v) is 12.1. The van der Waals surface area contributed by atoms with Crippen molar-refractivity contribution in [2.45, 2.75) is 39.0 Å². The molecular formula is C15H20N2O4. The van der Waals surface area contributed by atoms with Crippen molar-refractivity contribution in [3.05, 3.63) is 24.3 Å². The molecule has 1 aliphatic carbocycles. The summed E-state index contributed by atoms with van der Waals surface area (Å²) in [4.78, 5) is 40.1. The van der Waals surface area contributed by atoms with Crippen LogP contribution in [0.4, 0.5) is 0 Å². The molecule has 0 aromatic rings. The van der Waals surface area contributed by atoms with Gasteiger partial charge in [0, 0.05) is 24.3 Å². The summed E-state index contributed by atoms with van der Waals surface area (Å²) in [7, 11) is 0. The molecule has 0 aromatic heterocycles. The predicted octanol–water partition coefficient (Wildman–Crippen LogP) is 0.985. The predicted molar refractivity (Wildman–Crippen MR) is 76.8 cm³/mol. The maximum absolute atomic E-state index is 10.0. The third kappa shape index (κ3) is 7.81. The highest BCUT2D eigenvalue weighted by Crippen LogP contribution is 2.22. The topological polar surface area (TPSA) is 92.3 Å². The fraction of sp³-hybridized carbons (Fsp3) is 0.467. The van der Waals surface area contributed by atoms with Gasteiger partial charge in [-0.3, -0.25) is 29.8 Å². The van der Waals surface area contributed by atoms with E-state index in [2.05, 4.69) is 6.92 Å². The molecular weight excluding hydrogens is 272 g/mol. The monoisotopic (exact) mass is 292 g/mol. The summed E-state index contributed by atoms with van der Waals surface area (Å²) >= 11 is 0. The third-order valence-electron chi connectivity index (χ3n) is 3.16. The molecule has 1 fully saturated rings. The Bertz CT molecular complexity index is 406. The molecule has 6 heteroatoms. The first-order valence-electron chi connectivity index (χ1n) is 7.03. The second-order valence-corrected chi connectivity index (χ2v) is 5.12. The van der Waals surface area contributed by atoms with Crippen molar-refractivity contribution in [3.8, 4) is 0 Å². The summed E-state index contributed by atoms with van der Waals surface area (Å²) in [6, 6.07) is 0. The van der Waals surface area contributed by atoms with Gasteiger partial charge in [0.05, 0.1) is 0 Å². The van der Waals surface area contributed by atoms with Crippen LogP contribution in [0.25, 0.3) is 0 Å². The van der Waals surface area contributed by atoms with Crippen LogP contribution in [-0.2, 0) is 19.2 Å². The van der Waals surface area contributed by atoms with Crippen LogP contribution in [0.5, 0.6) is 0 Å². The number of hydrogen-bond donors (Lipinski definition) is 2. The molecule has 114 valence electrons. The second-order valence-electron chi connectivity index (χ2n) is 5.12. The maximum Gasteiger partial charge on any atom is 0.250 e. The van der Waals surface area contributed by atoms with Gasteiger partial charge in [-0.05, 0) is 5.92 Å². The van der Waals surface area contributed by atoms with Gasteiger partial charge in [-0.1, -0.05) is 39.0 Å². The van der Waals surface area contributed by atoms with Crippen molar-refractivity contribution in [3.63, 3.8) is 0 Å². The molecule has 1 saturated carbocycles. The summed E-state index contributed by atoms with van der Waals surface area (Å²) in [6.07, 6.45) is 12.2. The van der Waals surface area contributed by atoms with Gasteiger partial charge in [0.25, 0.3) is 23.6 Å². The van der Waals surface area contributed by atoms with Crippen molar-refractivity contribution in [2.75, 3.05) is 0 Å². The van der Waals surface area contributed by atoms with Crippen molar-refractivity contribution in [1.29, 1.82) is 0 Å². The van der Waals surface area contributed by atoms with Crippen LogP contribution in [0.1, 0.15) is 39.0 Å². The Labute approximate surface area is 123 Å². The fourth-order valence-corrected chi connectivity index (χ4v) is 2.02. The van der Waals surface area contributed by atoms with Crippen LogP contribution < -0.4 is 10.6 Å². The lowest BCUT2D eigenvalue weighted by molar-refractivity contribution is -0.125. The van der Waals surface area contributed by atoms with Gasteiger partial charge in [-0.15, -0.1) is 0 Å². The molecule has 2 N–H and O–H groups in total. The molecule has 21 heavy (non-hydrogen) atoms. The number of carbonyl (C=O) groups is 4. The van der Waals surface area contributed by atoms with E-state index in [9.17, 15) is 19.2 Å². The Morgan fingerprint density at radius 1 is 0.714 bits per heavy atom. The third-order valence-corrected chi connectivity index (χ3v) is 3.16. The smallest absolute Gasteiger partial charge is 0.250 e. The molecule has 3 rings (SSSR count). The lowest BCUT2D eigenvalue weighted by Gasteiger charge is -2.15. The zero-order chi connectivity index (χ0) is 15.7. The van der Waals surface area contributed by atoms with Crippen LogP contribution in [0.15, 0.2) is 24.3 Å². The van der Waals surface area contributed by atoms with E-state index in [4.69, 9.17) is 0 Å². The molecule has 0 unspecified atom stereocenters. The molecule has 4 amide bonds. The first kappa shape index (κ1) is 16.8. The van der Waals surface area contributed by atoms with Crippen LogP contribution >= 0.6 is 0 Å². The lowest BCUT2D eigenvalue weighted by Crippen LogP contribution is -2.19. The minimum atomic E-state index is -0.329. The van der Waals surface area contributed by atoms with Crippen molar-refractivity contribution >= 4 is 23.6 Å². The normalized spacial score (nSPS) is 20.2. The van der Waals surface area contributed by atoms with Gasteiger partial charge in [-0.2, -0.15) is 0 Å². The van der Waals surface area contributed by atoms with Crippen LogP contribution in [0.3, 0.4) is 0 Å². The summed E-state index contributed by atoms with van der Waals surface area (Å²) in [5, 5.41) is 4.06. The summed E-state index contributed by atoms with van der Waals surface area (Å²) < 4.78 is 0. The molecule has 2 heterocycles. The van der Waals surface area contributed by atoms with E-state index < -0.39 is 0 Å². The van der Waals surface area contributed by atoms with E-state index >= 15 is 0 Å². The molecule has 0 atom stereocenters. The number of hydrogen-bond acceptors (Lipinski definition) is 4. The highest BCUT2D eigenvalue weighted by atomic mass is 16.2. The minimum absolute atomic E-state index is 0.329. The molecule has 2 aliphatic heterocycles. The van der Waals surface area contributed by atoms with Crippen LogP contribution in [-0.4, -0.2) is 23.6 Å². The summed E-state index contributed by atoms with van der Waals surface area (Å²) in [5.41, 5.74) is 0. The first-order chi connectivity index (χ1) is 9.97. The lowest BCUT2D eigenvalue weighted by atomic mass is 9.91. The van der Waals surface area contributed by atoms with Crippen molar-refractivity contribution < 1.29 is 19.2 Å². The van der Waals surface area contributed by atoms with Gasteiger partial charge in [0.2, 0.25) is 0 Å². The largest absolute Gasteiger partial charge is 0.289 e. The standard InChI is InChI=1S/C7H14.2C4H3NO2/c1-7-5-3-2-4-6-7;2*6-3-1-2-4(7)5-3/h7H,2-6H2,1H3;2*1-2H,(H,5,6,7). The molecule has 0 radical (unpaired) electrons. The average molecular weight is 292 g/mol.